The van der Waals surface area contributed by atoms with Gasteiger partial charge in [0.25, 0.3) is 0 Å². The van der Waals surface area contributed by atoms with Gasteiger partial charge in [-0.1, -0.05) is 37.0 Å². The van der Waals surface area contributed by atoms with Gasteiger partial charge in [-0.05, 0) is 47.6 Å². The monoisotopic (exact) mass is 324 g/mol. The number of rotatable bonds is 1. The minimum atomic E-state index is 0.213. The number of nitrogens with two attached hydrogens (primary N) is 2. The third kappa shape index (κ3) is 4.48. The van der Waals surface area contributed by atoms with Crippen LogP contribution in [-0.4, -0.2) is 9.97 Å². The van der Waals surface area contributed by atoms with Crippen LogP contribution >= 0.6 is 23.2 Å². The van der Waals surface area contributed by atoms with Crippen LogP contribution in [0.4, 0.5) is 11.8 Å². The summed E-state index contributed by atoms with van der Waals surface area (Å²) in [4.78, 5) is 7.24. The van der Waals surface area contributed by atoms with Gasteiger partial charge < -0.3 is 11.5 Å². The molecular formula is C15H18Cl2N4. The molecule has 1 fully saturated rings. The first-order valence-corrected chi connectivity index (χ1v) is 7.33. The minimum Gasteiger partial charge on any atom is -0.384 e. The summed E-state index contributed by atoms with van der Waals surface area (Å²) in [6.45, 7) is 4.54. The lowest BCUT2D eigenvalue weighted by Gasteiger charge is -2.04. The predicted molar refractivity (Wildman–Crippen MR) is 88.5 cm³/mol. The molecule has 2 aromatic rings. The van der Waals surface area contributed by atoms with Crippen molar-refractivity contribution < 1.29 is 0 Å². The van der Waals surface area contributed by atoms with E-state index in [0.29, 0.717) is 17.2 Å². The summed E-state index contributed by atoms with van der Waals surface area (Å²) >= 11 is 11.9. The Morgan fingerprint density at radius 1 is 1.14 bits per heavy atom. The van der Waals surface area contributed by atoms with Gasteiger partial charge in [-0.25, -0.2) is 4.98 Å². The van der Waals surface area contributed by atoms with Crippen molar-refractivity contribution >= 4 is 35.0 Å². The van der Waals surface area contributed by atoms with Crippen molar-refractivity contribution in [2.24, 2.45) is 5.41 Å². The number of nitrogens with zero attached hydrogens (tertiary/aromatic N) is 2. The highest BCUT2D eigenvalue weighted by Crippen LogP contribution is 2.58. The van der Waals surface area contributed by atoms with Gasteiger partial charge in [0.1, 0.15) is 5.82 Å². The molecule has 0 amide bonds. The van der Waals surface area contributed by atoms with Gasteiger partial charge in [-0.15, -0.1) is 0 Å². The summed E-state index contributed by atoms with van der Waals surface area (Å²) in [5.41, 5.74) is 12.1. The highest BCUT2D eigenvalue weighted by atomic mass is 35.5. The molecule has 0 bridgehead atoms. The molecule has 3 rings (SSSR count). The number of halogens is 2. The number of nitrogen functional groups attached to an aromatic ring is 2. The number of anilines is 2. The Morgan fingerprint density at radius 3 is 2.10 bits per heavy atom. The lowest BCUT2D eigenvalue weighted by atomic mass is 10.0. The highest BCUT2D eigenvalue weighted by molar-refractivity contribution is 6.34. The first kappa shape index (κ1) is 15.9. The molecule has 0 saturated heterocycles. The molecule has 1 aliphatic rings. The standard InChI is InChI=1S/C11H12Cl2.C4H6N4/c1-11(2)6-10(11)7-3-8(12)5-9(13)4-7;5-3-1-2-7-4(6)8-3/h3-5,10H,6H2,1-2H3;1-2H,(H4,5,6,7,8)/t10-;/m0./s1. The summed E-state index contributed by atoms with van der Waals surface area (Å²) in [6, 6.07) is 7.40. The molecule has 0 aliphatic heterocycles. The van der Waals surface area contributed by atoms with Crippen LogP contribution in [-0.2, 0) is 0 Å². The third-order valence-corrected chi connectivity index (χ3v) is 3.93. The molecule has 1 aliphatic carbocycles. The quantitative estimate of drug-likeness (QED) is 0.826. The van der Waals surface area contributed by atoms with E-state index in [2.05, 4.69) is 23.8 Å². The van der Waals surface area contributed by atoms with Crippen LogP contribution in [0.25, 0.3) is 0 Å². The van der Waals surface area contributed by atoms with Crippen LogP contribution in [0, 0.1) is 5.41 Å². The van der Waals surface area contributed by atoms with Crippen LogP contribution in [0.3, 0.4) is 0 Å². The molecule has 1 atom stereocenters. The number of hydrogen-bond acceptors (Lipinski definition) is 4. The molecule has 6 heteroatoms. The Kier molecular flexibility index (Phi) is 4.59. The summed E-state index contributed by atoms with van der Waals surface area (Å²) in [5.74, 6) is 1.26. The molecule has 21 heavy (non-hydrogen) atoms. The van der Waals surface area contributed by atoms with E-state index in [1.807, 2.05) is 12.1 Å². The molecule has 0 unspecified atom stereocenters. The first-order chi connectivity index (χ1) is 9.78. The largest absolute Gasteiger partial charge is 0.384 e. The fraction of sp³-hybridized carbons (Fsp3) is 0.333. The van der Waals surface area contributed by atoms with Crippen molar-refractivity contribution in [1.29, 1.82) is 0 Å². The van der Waals surface area contributed by atoms with Gasteiger partial charge in [0, 0.05) is 16.2 Å². The fourth-order valence-corrected chi connectivity index (χ4v) is 2.74. The molecule has 0 spiro atoms. The van der Waals surface area contributed by atoms with Gasteiger partial charge in [0.15, 0.2) is 0 Å². The Bertz CT molecular complexity index is 606. The first-order valence-electron chi connectivity index (χ1n) is 6.58. The molecular weight excluding hydrogens is 307 g/mol. The lowest BCUT2D eigenvalue weighted by Crippen LogP contribution is -1.96. The maximum atomic E-state index is 5.93. The smallest absolute Gasteiger partial charge is 0.221 e. The molecule has 4 N–H and O–H groups in total. The summed E-state index contributed by atoms with van der Waals surface area (Å²) in [7, 11) is 0. The number of hydrogen-bond donors (Lipinski definition) is 2. The molecule has 1 aromatic carbocycles. The Labute approximate surface area is 134 Å². The van der Waals surface area contributed by atoms with Gasteiger partial charge in [-0.3, -0.25) is 0 Å². The van der Waals surface area contributed by atoms with Gasteiger partial charge in [-0.2, -0.15) is 4.98 Å². The number of benzene rings is 1. The third-order valence-electron chi connectivity index (χ3n) is 3.50. The Balaban J connectivity index is 0.000000173. The fourth-order valence-electron chi connectivity index (χ4n) is 2.20. The molecule has 0 radical (unpaired) electrons. The predicted octanol–water partition coefficient (Wildman–Crippen LogP) is 4.15. The summed E-state index contributed by atoms with van der Waals surface area (Å²) in [6.07, 6.45) is 2.75. The van der Waals surface area contributed by atoms with Gasteiger partial charge in [0.2, 0.25) is 5.95 Å². The maximum absolute atomic E-state index is 5.93. The topological polar surface area (TPSA) is 77.8 Å². The zero-order valence-electron chi connectivity index (χ0n) is 12.0. The van der Waals surface area contributed by atoms with Crippen LogP contribution in [0.5, 0.6) is 0 Å². The van der Waals surface area contributed by atoms with Crippen LogP contribution in [0.1, 0.15) is 31.7 Å². The van der Waals surface area contributed by atoms with E-state index in [4.69, 9.17) is 34.7 Å². The zero-order valence-corrected chi connectivity index (χ0v) is 13.5. The van der Waals surface area contributed by atoms with Crippen molar-refractivity contribution in [3.05, 3.63) is 46.1 Å². The van der Waals surface area contributed by atoms with E-state index in [0.717, 1.165) is 10.0 Å². The van der Waals surface area contributed by atoms with E-state index < -0.39 is 0 Å². The second-order valence-electron chi connectivity index (χ2n) is 5.79. The van der Waals surface area contributed by atoms with Crippen LogP contribution < -0.4 is 11.5 Å². The molecule has 1 aromatic heterocycles. The normalized spacial score (nSPS) is 18.6. The van der Waals surface area contributed by atoms with Crippen LogP contribution in [0.15, 0.2) is 30.5 Å². The van der Waals surface area contributed by atoms with Crippen molar-refractivity contribution in [2.75, 3.05) is 11.5 Å². The van der Waals surface area contributed by atoms with E-state index in [1.165, 1.54) is 18.2 Å². The second kappa shape index (κ2) is 6.08. The average molecular weight is 325 g/mol. The SMILES string of the molecule is CC1(C)C[C@H]1c1cc(Cl)cc(Cl)c1.Nc1ccnc(N)n1. The van der Waals surface area contributed by atoms with E-state index >= 15 is 0 Å². The van der Waals surface area contributed by atoms with E-state index in [9.17, 15) is 0 Å². The zero-order chi connectivity index (χ0) is 15.6. The maximum Gasteiger partial charge on any atom is 0.221 e. The lowest BCUT2D eigenvalue weighted by molar-refractivity contribution is 0.622. The molecule has 1 heterocycles. The molecule has 4 nitrogen and oxygen atoms in total. The number of aromatic nitrogens is 2. The Hall–Kier alpha value is -1.52. The van der Waals surface area contributed by atoms with Crippen molar-refractivity contribution in [1.82, 2.24) is 9.97 Å². The van der Waals surface area contributed by atoms with E-state index in [1.54, 1.807) is 12.1 Å². The van der Waals surface area contributed by atoms with Gasteiger partial charge in [0.05, 0.1) is 0 Å². The van der Waals surface area contributed by atoms with E-state index in [-0.39, 0.29) is 5.95 Å². The second-order valence-corrected chi connectivity index (χ2v) is 6.66. The average Bonchev–Trinajstić information content (AvgIpc) is 2.98. The molecule has 1 saturated carbocycles. The van der Waals surface area contributed by atoms with Crippen molar-refractivity contribution in [3.8, 4) is 0 Å². The minimum absolute atomic E-state index is 0.213. The highest BCUT2D eigenvalue weighted by Gasteiger charge is 2.46. The Morgan fingerprint density at radius 2 is 1.71 bits per heavy atom. The van der Waals surface area contributed by atoms with Gasteiger partial charge >= 0.3 is 0 Å². The summed E-state index contributed by atoms with van der Waals surface area (Å²) in [5, 5.41) is 1.48. The molecule has 112 valence electrons. The summed E-state index contributed by atoms with van der Waals surface area (Å²) < 4.78 is 0. The van der Waals surface area contributed by atoms with Crippen molar-refractivity contribution in [3.63, 3.8) is 0 Å². The van der Waals surface area contributed by atoms with Crippen molar-refractivity contribution in [2.45, 2.75) is 26.2 Å². The van der Waals surface area contributed by atoms with Crippen LogP contribution in [0.2, 0.25) is 10.0 Å².